The lowest BCUT2D eigenvalue weighted by atomic mass is 10.00. The molecule has 2 N–H and O–H groups in total. The topological polar surface area (TPSA) is 66.4 Å². The Morgan fingerprint density at radius 3 is 2.17 bits per heavy atom. The Labute approximate surface area is 176 Å². The third-order valence-electron chi connectivity index (χ3n) is 5.20. The van der Waals surface area contributed by atoms with E-state index in [1.807, 2.05) is 30.3 Å². The first-order chi connectivity index (χ1) is 13.9. The van der Waals surface area contributed by atoms with E-state index in [9.17, 15) is 14.7 Å². The maximum absolute atomic E-state index is 12.2. The Balaban J connectivity index is 2.31. The second kappa shape index (κ2) is 14.8. The fourth-order valence-electron chi connectivity index (χ4n) is 3.26. The summed E-state index contributed by atoms with van der Waals surface area (Å²) in [5, 5.41) is 12.2. The van der Waals surface area contributed by atoms with Crippen molar-refractivity contribution in [2.75, 3.05) is 5.32 Å². The van der Waals surface area contributed by atoms with Gasteiger partial charge in [0.2, 0.25) is 5.91 Å². The van der Waals surface area contributed by atoms with E-state index in [1.165, 1.54) is 44.1 Å². The summed E-state index contributed by atoms with van der Waals surface area (Å²) in [6, 6.07) is 7.71. The van der Waals surface area contributed by atoms with Gasteiger partial charge in [-0.25, -0.2) is 0 Å². The van der Waals surface area contributed by atoms with E-state index in [1.54, 1.807) is 0 Å². The molecule has 0 fully saturated rings. The Bertz CT molecular complexity index is 619. The minimum Gasteiger partial charge on any atom is -0.481 e. The quantitative estimate of drug-likeness (QED) is 0.247. The maximum atomic E-state index is 12.2. The van der Waals surface area contributed by atoms with Crippen molar-refractivity contribution in [2.45, 2.75) is 90.9 Å². The van der Waals surface area contributed by atoms with Crippen molar-refractivity contribution in [1.29, 1.82) is 0 Å². The predicted octanol–water partition coefficient (Wildman–Crippen LogP) is 6.93. The minimum atomic E-state index is -0.920. The first-order valence-electron chi connectivity index (χ1n) is 11.2. The average molecular weight is 402 g/mol. The molecule has 29 heavy (non-hydrogen) atoms. The number of unbranched alkanes of at least 4 members (excludes halogenated alkanes) is 7. The molecule has 0 saturated heterocycles. The molecule has 0 aliphatic rings. The highest BCUT2D eigenvalue weighted by molar-refractivity contribution is 5.93. The van der Waals surface area contributed by atoms with Crippen molar-refractivity contribution in [3.05, 3.63) is 42.0 Å². The van der Waals surface area contributed by atoms with Crippen LogP contribution in [0, 0.1) is 5.92 Å². The van der Waals surface area contributed by atoms with E-state index in [0.717, 1.165) is 12.8 Å². The zero-order valence-corrected chi connectivity index (χ0v) is 18.5. The van der Waals surface area contributed by atoms with Crippen molar-refractivity contribution < 1.29 is 14.7 Å². The first kappa shape index (κ1) is 24.9. The molecule has 1 aromatic rings. The predicted molar refractivity (Wildman–Crippen MR) is 121 cm³/mol. The lowest BCUT2D eigenvalue weighted by molar-refractivity contribution is -0.143. The van der Waals surface area contributed by atoms with Gasteiger partial charge in [0.1, 0.15) is 0 Å². The minimum absolute atomic E-state index is 0.0109. The van der Waals surface area contributed by atoms with Gasteiger partial charge in [-0.15, -0.1) is 0 Å². The molecule has 0 aliphatic carbocycles. The second-order valence-electron chi connectivity index (χ2n) is 8.18. The summed E-state index contributed by atoms with van der Waals surface area (Å²) in [6.45, 7) is 6.46. The van der Waals surface area contributed by atoms with Crippen molar-refractivity contribution in [3.63, 3.8) is 0 Å². The van der Waals surface area contributed by atoms with Crippen LogP contribution in [-0.2, 0) is 9.59 Å². The van der Waals surface area contributed by atoms with E-state index in [-0.39, 0.29) is 12.3 Å². The van der Waals surface area contributed by atoms with Gasteiger partial charge < -0.3 is 10.4 Å². The summed E-state index contributed by atoms with van der Waals surface area (Å²) >= 11 is 0. The van der Waals surface area contributed by atoms with Crippen molar-refractivity contribution >= 4 is 17.6 Å². The van der Waals surface area contributed by atoms with Crippen LogP contribution in [-0.4, -0.2) is 17.0 Å². The van der Waals surface area contributed by atoms with Gasteiger partial charge in [0.15, 0.2) is 0 Å². The molecule has 1 unspecified atom stereocenters. The molecule has 1 amide bonds. The monoisotopic (exact) mass is 401 g/mol. The van der Waals surface area contributed by atoms with Gasteiger partial charge in [-0.3, -0.25) is 9.59 Å². The molecule has 1 aromatic carbocycles. The number of nitrogens with one attached hydrogen (secondary N) is 1. The second-order valence-corrected chi connectivity index (χ2v) is 8.18. The molecule has 0 bridgehead atoms. The summed E-state index contributed by atoms with van der Waals surface area (Å²) < 4.78 is 0. The highest BCUT2D eigenvalue weighted by atomic mass is 16.4. The lowest BCUT2D eigenvalue weighted by Crippen LogP contribution is -2.22. The van der Waals surface area contributed by atoms with Crippen LogP contribution in [0.3, 0.4) is 0 Å². The zero-order valence-electron chi connectivity index (χ0n) is 18.5. The number of aliphatic carboxylic acids is 1. The Kier molecular flexibility index (Phi) is 12.8. The van der Waals surface area contributed by atoms with E-state index in [4.69, 9.17) is 0 Å². The highest BCUT2D eigenvalue weighted by Gasteiger charge is 2.20. The van der Waals surface area contributed by atoms with Crippen molar-refractivity contribution in [2.24, 2.45) is 5.92 Å². The molecule has 0 spiro atoms. The van der Waals surface area contributed by atoms with Gasteiger partial charge in [-0.1, -0.05) is 83.6 Å². The largest absolute Gasteiger partial charge is 0.481 e. The van der Waals surface area contributed by atoms with Gasteiger partial charge in [0.25, 0.3) is 0 Å². The first-order valence-corrected chi connectivity index (χ1v) is 11.2. The molecule has 1 rings (SSSR count). The van der Waals surface area contributed by atoms with Gasteiger partial charge in [-0.05, 0) is 42.9 Å². The number of benzene rings is 1. The number of carboxylic acid groups (broad SMARTS) is 1. The smallest absolute Gasteiger partial charge is 0.307 e. The molecule has 1 atom stereocenters. The molecule has 162 valence electrons. The van der Waals surface area contributed by atoms with Crippen LogP contribution in [0.1, 0.15) is 96.5 Å². The summed E-state index contributed by atoms with van der Waals surface area (Å²) in [6.07, 6.45) is 14.2. The number of allylic oxidation sites excluding steroid dienone is 2. The number of carbonyl (C=O) groups is 2. The number of hydrogen-bond donors (Lipinski definition) is 2. The molecular weight excluding hydrogens is 362 g/mol. The van der Waals surface area contributed by atoms with Crippen LogP contribution in [0.15, 0.2) is 36.4 Å². The van der Waals surface area contributed by atoms with Crippen LogP contribution >= 0.6 is 0 Å². The van der Waals surface area contributed by atoms with Gasteiger partial charge >= 0.3 is 5.97 Å². The van der Waals surface area contributed by atoms with E-state index >= 15 is 0 Å². The Hall–Kier alpha value is -2.10. The van der Waals surface area contributed by atoms with Gasteiger partial charge in [0.05, 0.1) is 5.92 Å². The number of rotatable bonds is 15. The fourth-order valence-corrected chi connectivity index (χ4v) is 3.26. The average Bonchev–Trinajstić information content (AvgIpc) is 2.68. The number of anilines is 1. The van der Waals surface area contributed by atoms with Crippen molar-refractivity contribution in [1.82, 2.24) is 0 Å². The maximum Gasteiger partial charge on any atom is 0.307 e. The summed E-state index contributed by atoms with van der Waals surface area (Å²) in [7, 11) is 0. The van der Waals surface area contributed by atoms with Crippen LogP contribution in [0.2, 0.25) is 0 Å². The lowest BCUT2D eigenvalue weighted by Gasteiger charge is -2.11. The summed E-state index contributed by atoms with van der Waals surface area (Å²) in [4.78, 5) is 23.7. The summed E-state index contributed by atoms with van der Waals surface area (Å²) in [5.41, 5.74) is 1.91. The van der Waals surface area contributed by atoms with Crippen LogP contribution < -0.4 is 5.32 Å². The molecule has 0 aliphatic heterocycles. The molecule has 4 heteroatoms. The SMILES string of the molecule is CCCCCCCCCC=CCC(CC(=O)Nc1ccc(C(C)C)cc1)C(=O)O. The summed E-state index contributed by atoms with van der Waals surface area (Å²) in [5.74, 6) is -1.43. The molecule has 0 heterocycles. The zero-order chi connectivity index (χ0) is 21.5. The Morgan fingerprint density at radius 1 is 0.966 bits per heavy atom. The molecule has 0 aromatic heterocycles. The number of carboxylic acids is 1. The molecule has 4 nitrogen and oxygen atoms in total. The highest BCUT2D eigenvalue weighted by Crippen LogP contribution is 2.18. The van der Waals surface area contributed by atoms with Crippen molar-refractivity contribution in [3.8, 4) is 0 Å². The number of carbonyl (C=O) groups excluding carboxylic acids is 1. The van der Waals surface area contributed by atoms with Gasteiger partial charge in [0, 0.05) is 12.1 Å². The molecule has 0 radical (unpaired) electrons. The third-order valence-corrected chi connectivity index (χ3v) is 5.20. The van der Waals surface area contributed by atoms with E-state index < -0.39 is 11.9 Å². The van der Waals surface area contributed by atoms with Gasteiger partial charge in [-0.2, -0.15) is 0 Å². The fraction of sp³-hybridized carbons (Fsp3) is 0.600. The normalized spacial score (nSPS) is 12.4. The van der Waals surface area contributed by atoms with Crippen LogP contribution in [0.5, 0.6) is 0 Å². The van der Waals surface area contributed by atoms with Crippen LogP contribution in [0.4, 0.5) is 5.69 Å². The van der Waals surface area contributed by atoms with Crippen LogP contribution in [0.25, 0.3) is 0 Å². The number of amides is 1. The Morgan fingerprint density at radius 2 is 1.59 bits per heavy atom. The van der Waals surface area contributed by atoms with E-state index in [2.05, 4.69) is 32.2 Å². The molecule has 0 saturated carbocycles. The molecular formula is C25H39NO3. The third kappa shape index (κ3) is 11.5. The number of hydrogen-bond acceptors (Lipinski definition) is 2. The van der Waals surface area contributed by atoms with E-state index in [0.29, 0.717) is 18.0 Å². The standard InChI is InChI=1S/C25H39NO3/c1-4-5-6-7-8-9-10-11-12-13-14-22(25(28)29)19-24(27)26-23-17-15-21(16-18-23)20(2)3/h12-13,15-18,20,22H,4-11,14,19H2,1-3H3,(H,26,27)(H,28,29).